The van der Waals surface area contributed by atoms with Crippen molar-refractivity contribution in [3.8, 4) is 0 Å². The van der Waals surface area contributed by atoms with Crippen LogP contribution in [-0.2, 0) is 0 Å². The molecule has 0 spiro atoms. The van der Waals surface area contributed by atoms with Crippen LogP contribution in [0.1, 0.15) is 50.6 Å². The minimum absolute atomic E-state index is 0.512. The number of rotatable bonds is 5. The predicted octanol–water partition coefficient (Wildman–Crippen LogP) is 4.87. The van der Waals surface area contributed by atoms with E-state index in [0.717, 1.165) is 23.1 Å². The standard InChI is InChI=1S/C21H29N5/c1-16-15-20(25-21(22-16)24-17-7-3-2-4-8-17)23-18-9-11-19(12-10-18)26-13-5-6-14-26/h9-12,15,17H,2-8,13-14H2,1H3,(H2,22,23,24,25). The number of nitrogens with one attached hydrogen (secondary N) is 2. The first-order chi connectivity index (χ1) is 12.8. The molecule has 1 saturated carbocycles. The first kappa shape index (κ1) is 17.1. The number of nitrogens with zero attached hydrogens (tertiary/aromatic N) is 3. The normalized spacial score (nSPS) is 18.1. The van der Waals surface area contributed by atoms with Crippen molar-refractivity contribution in [2.45, 2.75) is 57.9 Å². The van der Waals surface area contributed by atoms with Crippen molar-refractivity contribution in [2.24, 2.45) is 0 Å². The Kier molecular flexibility index (Phi) is 5.23. The van der Waals surface area contributed by atoms with E-state index in [1.807, 2.05) is 13.0 Å². The van der Waals surface area contributed by atoms with Crippen LogP contribution in [0.15, 0.2) is 30.3 Å². The van der Waals surface area contributed by atoms with Gasteiger partial charge in [-0.2, -0.15) is 4.98 Å². The van der Waals surface area contributed by atoms with Crippen molar-refractivity contribution < 1.29 is 0 Å². The van der Waals surface area contributed by atoms with Gasteiger partial charge in [0.25, 0.3) is 0 Å². The highest BCUT2D eigenvalue weighted by Crippen LogP contribution is 2.25. The Morgan fingerprint density at radius 3 is 2.38 bits per heavy atom. The number of aryl methyl sites for hydroxylation is 1. The summed E-state index contributed by atoms with van der Waals surface area (Å²) in [6, 6.07) is 11.2. The van der Waals surface area contributed by atoms with Crippen LogP contribution in [0.25, 0.3) is 0 Å². The Morgan fingerprint density at radius 2 is 1.65 bits per heavy atom. The Bertz CT molecular complexity index is 716. The summed E-state index contributed by atoms with van der Waals surface area (Å²) in [6.45, 7) is 4.37. The van der Waals surface area contributed by atoms with Gasteiger partial charge in [-0.3, -0.25) is 0 Å². The lowest BCUT2D eigenvalue weighted by molar-refractivity contribution is 0.461. The number of hydrogen-bond donors (Lipinski definition) is 2. The Morgan fingerprint density at radius 1 is 0.923 bits per heavy atom. The molecular weight excluding hydrogens is 322 g/mol. The molecule has 1 saturated heterocycles. The quantitative estimate of drug-likeness (QED) is 0.804. The van der Waals surface area contributed by atoms with Gasteiger partial charge in [-0.05, 0) is 56.9 Å². The molecule has 1 aromatic carbocycles. The molecule has 0 atom stereocenters. The molecule has 1 aliphatic carbocycles. The van der Waals surface area contributed by atoms with Crippen LogP contribution >= 0.6 is 0 Å². The van der Waals surface area contributed by atoms with Crippen LogP contribution in [0.3, 0.4) is 0 Å². The van der Waals surface area contributed by atoms with Crippen LogP contribution in [-0.4, -0.2) is 29.1 Å². The van der Waals surface area contributed by atoms with Gasteiger partial charge in [-0.25, -0.2) is 4.98 Å². The van der Waals surface area contributed by atoms with Crippen LogP contribution in [0.5, 0.6) is 0 Å². The summed E-state index contributed by atoms with van der Waals surface area (Å²) in [5.41, 5.74) is 3.36. The van der Waals surface area contributed by atoms with Gasteiger partial charge < -0.3 is 15.5 Å². The molecule has 2 aromatic rings. The first-order valence-electron chi connectivity index (χ1n) is 10.0. The molecule has 1 aliphatic heterocycles. The summed E-state index contributed by atoms with van der Waals surface area (Å²) in [7, 11) is 0. The fourth-order valence-electron chi connectivity index (χ4n) is 4.01. The fraction of sp³-hybridized carbons (Fsp3) is 0.524. The largest absolute Gasteiger partial charge is 0.372 e. The molecule has 2 aliphatic rings. The SMILES string of the molecule is Cc1cc(Nc2ccc(N3CCCC3)cc2)nc(NC2CCCCC2)n1. The third-order valence-corrected chi connectivity index (χ3v) is 5.40. The summed E-state index contributed by atoms with van der Waals surface area (Å²) in [5.74, 6) is 1.60. The highest BCUT2D eigenvalue weighted by Gasteiger charge is 2.15. The smallest absolute Gasteiger partial charge is 0.225 e. The minimum atomic E-state index is 0.512. The number of aromatic nitrogens is 2. The number of hydrogen-bond acceptors (Lipinski definition) is 5. The molecule has 0 bridgehead atoms. The second-order valence-corrected chi connectivity index (χ2v) is 7.56. The van der Waals surface area contributed by atoms with Crippen molar-refractivity contribution in [1.29, 1.82) is 0 Å². The number of anilines is 4. The molecule has 2 heterocycles. The van der Waals surface area contributed by atoms with Gasteiger partial charge in [0.2, 0.25) is 5.95 Å². The maximum atomic E-state index is 4.68. The lowest BCUT2D eigenvalue weighted by atomic mass is 9.96. The zero-order valence-electron chi connectivity index (χ0n) is 15.7. The molecule has 138 valence electrons. The van der Waals surface area contributed by atoms with Gasteiger partial charge >= 0.3 is 0 Å². The third kappa shape index (κ3) is 4.26. The molecule has 5 heteroatoms. The highest BCUT2D eigenvalue weighted by molar-refractivity contribution is 5.61. The molecule has 0 amide bonds. The van der Waals surface area contributed by atoms with Crippen LogP contribution < -0.4 is 15.5 Å². The fourth-order valence-corrected chi connectivity index (χ4v) is 4.01. The second-order valence-electron chi connectivity index (χ2n) is 7.56. The second kappa shape index (κ2) is 7.94. The molecule has 26 heavy (non-hydrogen) atoms. The molecule has 5 nitrogen and oxygen atoms in total. The van der Waals surface area contributed by atoms with Gasteiger partial charge in [-0.1, -0.05) is 19.3 Å². The van der Waals surface area contributed by atoms with Crippen molar-refractivity contribution >= 4 is 23.1 Å². The predicted molar refractivity (Wildman–Crippen MR) is 108 cm³/mol. The topological polar surface area (TPSA) is 53.1 Å². The van der Waals surface area contributed by atoms with E-state index in [4.69, 9.17) is 0 Å². The van der Waals surface area contributed by atoms with Gasteiger partial charge in [0.1, 0.15) is 5.82 Å². The molecular formula is C21H29N5. The van der Waals surface area contributed by atoms with E-state index in [1.54, 1.807) is 0 Å². The third-order valence-electron chi connectivity index (χ3n) is 5.40. The summed E-state index contributed by atoms with van der Waals surface area (Å²) < 4.78 is 0. The number of benzene rings is 1. The Balaban J connectivity index is 1.43. The Hall–Kier alpha value is -2.30. The van der Waals surface area contributed by atoms with Crippen LogP contribution in [0, 0.1) is 6.92 Å². The highest BCUT2D eigenvalue weighted by atomic mass is 15.2. The molecule has 2 fully saturated rings. The maximum Gasteiger partial charge on any atom is 0.225 e. The minimum Gasteiger partial charge on any atom is -0.372 e. The van der Waals surface area contributed by atoms with E-state index in [9.17, 15) is 0 Å². The average molecular weight is 351 g/mol. The molecule has 2 N–H and O–H groups in total. The Labute approximate surface area is 156 Å². The first-order valence-corrected chi connectivity index (χ1v) is 10.0. The van der Waals surface area contributed by atoms with Gasteiger partial charge in [0.05, 0.1) is 0 Å². The van der Waals surface area contributed by atoms with E-state index in [2.05, 4.69) is 49.8 Å². The summed E-state index contributed by atoms with van der Waals surface area (Å²) in [4.78, 5) is 11.7. The lowest BCUT2D eigenvalue weighted by Gasteiger charge is -2.23. The summed E-state index contributed by atoms with van der Waals surface area (Å²) >= 11 is 0. The molecule has 1 aromatic heterocycles. The van der Waals surface area contributed by atoms with Crippen molar-refractivity contribution in [3.63, 3.8) is 0 Å². The van der Waals surface area contributed by atoms with Gasteiger partial charge in [0.15, 0.2) is 0 Å². The zero-order chi connectivity index (χ0) is 17.8. The summed E-state index contributed by atoms with van der Waals surface area (Å²) in [6.07, 6.45) is 9.01. The zero-order valence-corrected chi connectivity index (χ0v) is 15.7. The van der Waals surface area contributed by atoms with Crippen LogP contribution in [0.2, 0.25) is 0 Å². The van der Waals surface area contributed by atoms with Gasteiger partial charge in [-0.15, -0.1) is 0 Å². The molecule has 0 radical (unpaired) electrons. The summed E-state index contributed by atoms with van der Waals surface area (Å²) in [5, 5.41) is 6.96. The monoisotopic (exact) mass is 351 g/mol. The van der Waals surface area contributed by atoms with E-state index < -0.39 is 0 Å². The average Bonchev–Trinajstić information content (AvgIpc) is 3.17. The van der Waals surface area contributed by atoms with Crippen LogP contribution in [0.4, 0.5) is 23.1 Å². The van der Waals surface area contributed by atoms with E-state index in [-0.39, 0.29) is 0 Å². The van der Waals surface area contributed by atoms with E-state index in [0.29, 0.717) is 6.04 Å². The van der Waals surface area contributed by atoms with Crippen molar-refractivity contribution in [1.82, 2.24) is 9.97 Å². The van der Waals surface area contributed by atoms with Gasteiger partial charge in [0, 0.05) is 42.3 Å². The van der Waals surface area contributed by atoms with Crippen molar-refractivity contribution in [3.05, 3.63) is 36.0 Å². The van der Waals surface area contributed by atoms with E-state index in [1.165, 1.54) is 63.7 Å². The van der Waals surface area contributed by atoms with E-state index >= 15 is 0 Å². The molecule has 0 unspecified atom stereocenters. The van der Waals surface area contributed by atoms with Crippen molar-refractivity contribution in [2.75, 3.05) is 28.6 Å². The maximum absolute atomic E-state index is 4.68. The molecule has 4 rings (SSSR count). The lowest BCUT2D eigenvalue weighted by Crippen LogP contribution is -2.23.